The molecule has 0 saturated heterocycles. The molecular formula is C16H16N6O2S. The van der Waals surface area contributed by atoms with Gasteiger partial charge in [0, 0.05) is 11.3 Å². The van der Waals surface area contributed by atoms with E-state index in [0.29, 0.717) is 12.2 Å². The highest BCUT2D eigenvalue weighted by Gasteiger charge is 2.14. The predicted molar refractivity (Wildman–Crippen MR) is 95.9 cm³/mol. The summed E-state index contributed by atoms with van der Waals surface area (Å²) < 4.78 is 1.98. The topological polar surface area (TPSA) is 107 Å². The molecule has 9 heteroatoms. The van der Waals surface area contributed by atoms with Crippen molar-refractivity contribution >= 4 is 23.5 Å². The van der Waals surface area contributed by atoms with E-state index in [1.807, 2.05) is 47.8 Å². The fourth-order valence-electron chi connectivity index (χ4n) is 2.15. The fraction of sp³-hybridized carbons (Fsp3) is 0.125. The first-order valence-corrected chi connectivity index (χ1v) is 8.34. The Morgan fingerprint density at radius 3 is 2.80 bits per heavy atom. The quantitative estimate of drug-likeness (QED) is 0.382. The zero-order valence-electron chi connectivity index (χ0n) is 13.2. The van der Waals surface area contributed by atoms with Crippen LogP contribution >= 0.6 is 11.3 Å². The van der Waals surface area contributed by atoms with Crippen LogP contribution in [0.1, 0.15) is 16.3 Å². The lowest BCUT2D eigenvalue weighted by molar-refractivity contribution is -0.121. The number of aromatic nitrogens is 3. The number of nitrogens with one attached hydrogen (secondary N) is 1. The minimum atomic E-state index is -0.547. The summed E-state index contributed by atoms with van der Waals surface area (Å²) in [6, 6.07) is 13.2. The van der Waals surface area contributed by atoms with E-state index < -0.39 is 11.6 Å². The van der Waals surface area contributed by atoms with Crippen molar-refractivity contribution in [3.8, 4) is 0 Å². The molecule has 3 rings (SSSR count). The number of hydrogen-bond donors (Lipinski definition) is 2. The van der Waals surface area contributed by atoms with Gasteiger partial charge in [-0.2, -0.15) is 14.9 Å². The van der Waals surface area contributed by atoms with Crippen molar-refractivity contribution in [1.82, 2.24) is 19.9 Å². The zero-order valence-corrected chi connectivity index (χ0v) is 14.0. The van der Waals surface area contributed by atoms with Gasteiger partial charge in [0.2, 0.25) is 0 Å². The highest BCUT2D eigenvalue weighted by atomic mass is 32.1. The molecule has 0 unspecified atom stereocenters. The average molecular weight is 356 g/mol. The van der Waals surface area contributed by atoms with Gasteiger partial charge in [-0.3, -0.25) is 4.79 Å². The normalized spacial score (nSPS) is 11.0. The summed E-state index contributed by atoms with van der Waals surface area (Å²) in [4.78, 5) is 25.0. The Labute approximate surface area is 147 Å². The van der Waals surface area contributed by atoms with Crippen LogP contribution in [0.5, 0.6) is 0 Å². The van der Waals surface area contributed by atoms with Gasteiger partial charge in [0.1, 0.15) is 6.54 Å². The van der Waals surface area contributed by atoms with Gasteiger partial charge in [0.05, 0.1) is 6.21 Å². The molecule has 0 bridgehead atoms. The van der Waals surface area contributed by atoms with Crippen LogP contribution in [0.25, 0.3) is 0 Å². The molecule has 0 spiro atoms. The van der Waals surface area contributed by atoms with E-state index in [1.54, 1.807) is 11.3 Å². The lowest BCUT2D eigenvalue weighted by Gasteiger charge is -1.98. The van der Waals surface area contributed by atoms with Crippen LogP contribution in [0, 0.1) is 0 Å². The van der Waals surface area contributed by atoms with E-state index in [0.717, 1.165) is 19.8 Å². The van der Waals surface area contributed by atoms with Crippen LogP contribution in [0.4, 0.5) is 0 Å². The van der Waals surface area contributed by atoms with Crippen molar-refractivity contribution in [3.63, 3.8) is 0 Å². The molecule has 25 heavy (non-hydrogen) atoms. The van der Waals surface area contributed by atoms with Crippen molar-refractivity contribution in [3.05, 3.63) is 74.6 Å². The van der Waals surface area contributed by atoms with Crippen molar-refractivity contribution in [1.29, 1.82) is 0 Å². The van der Waals surface area contributed by atoms with Gasteiger partial charge in [-0.05, 0) is 17.0 Å². The molecule has 0 aliphatic heterocycles. The van der Waals surface area contributed by atoms with Gasteiger partial charge in [-0.25, -0.2) is 14.9 Å². The second kappa shape index (κ2) is 7.58. The highest BCUT2D eigenvalue weighted by Crippen LogP contribution is 2.11. The SMILES string of the molecule is Nn1c(Cc2cccs2)nn(CC(=O)N/N=C/c2ccccc2)c1=O. The fourth-order valence-corrected chi connectivity index (χ4v) is 2.85. The molecule has 3 N–H and O–H groups in total. The third-order valence-electron chi connectivity index (χ3n) is 3.35. The van der Waals surface area contributed by atoms with E-state index in [4.69, 9.17) is 5.84 Å². The number of carbonyl (C=O) groups is 1. The summed E-state index contributed by atoms with van der Waals surface area (Å²) in [5.74, 6) is 5.67. The highest BCUT2D eigenvalue weighted by molar-refractivity contribution is 7.09. The van der Waals surface area contributed by atoms with Gasteiger partial charge in [0.25, 0.3) is 5.91 Å². The van der Waals surface area contributed by atoms with Gasteiger partial charge < -0.3 is 5.84 Å². The smallest absolute Gasteiger partial charge is 0.333 e. The van der Waals surface area contributed by atoms with Crippen molar-refractivity contribution in [2.45, 2.75) is 13.0 Å². The van der Waals surface area contributed by atoms with Gasteiger partial charge in [0.15, 0.2) is 5.82 Å². The zero-order chi connectivity index (χ0) is 17.6. The first kappa shape index (κ1) is 16.7. The predicted octanol–water partition coefficient (Wildman–Crippen LogP) is 0.561. The first-order valence-electron chi connectivity index (χ1n) is 7.46. The molecule has 2 aromatic heterocycles. The van der Waals surface area contributed by atoms with Crippen molar-refractivity contribution in [2.24, 2.45) is 5.10 Å². The maximum atomic E-state index is 12.1. The first-order chi connectivity index (χ1) is 12.1. The van der Waals surface area contributed by atoms with Crippen LogP contribution in [-0.2, 0) is 17.8 Å². The Kier molecular flexibility index (Phi) is 5.05. The molecule has 0 aliphatic rings. The molecule has 2 heterocycles. The monoisotopic (exact) mass is 356 g/mol. The van der Waals surface area contributed by atoms with E-state index in [1.165, 1.54) is 6.21 Å². The Morgan fingerprint density at radius 1 is 1.28 bits per heavy atom. The third-order valence-corrected chi connectivity index (χ3v) is 4.23. The molecular weight excluding hydrogens is 340 g/mol. The van der Waals surface area contributed by atoms with Crippen LogP contribution in [0.15, 0.2) is 57.7 Å². The minimum Gasteiger partial charge on any atom is -0.333 e. The Bertz CT molecular complexity index is 927. The van der Waals surface area contributed by atoms with Crippen LogP contribution in [0.2, 0.25) is 0 Å². The number of nitrogen functional groups attached to an aromatic ring is 1. The van der Waals surface area contributed by atoms with Gasteiger partial charge >= 0.3 is 5.69 Å². The molecule has 8 nitrogen and oxygen atoms in total. The van der Waals surface area contributed by atoms with Crippen molar-refractivity contribution < 1.29 is 4.79 Å². The second-order valence-corrected chi connectivity index (χ2v) is 6.22. The number of thiophene rings is 1. The molecule has 0 atom stereocenters. The molecule has 1 aromatic carbocycles. The third kappa shape index (κ3) is 4.21. The second-order valence-electron chi connectivity index (χ2n) is 5.19. The Hall–Kier alpha value is -3.20. The number of hydrogen-bond acceptors (Lipinski definition) is 6. The van der Waals surface area contributed by atoms with E-state index in [2.05, 4.69) is 15.6 Å². The lowest BCUT2D eigenvalue weighted by atomic mass is 10.2. The summed E-state index contributed by atoms with van der Waals surface area (Å²) in [6.45, 7) is -0.257. The average Bonchev–Trinajstić information content (AvgIpc) is 3.21. The molecule has 0 aliphatic carbocycles. The molecule has 1 amide bonds. The summed E-state index contributed by atoms with van der Waals surface area (Å²) in [6.07, 6.45) is 1.95. The standard InChI is InChI=1S/C16H16N6O2S/c17-22-14(9-13-7-4-8-25-13)20-21(16(22)24)11-15(23)19-18-10-12-5-2-1-3-6-12/h1-8,10H,9,11,17H2,(H,19,23)/b18-10+. The summed E-state index contributed by atoms with van der Waals surface area (Å²) in [5, 5.41) is 9.91. The Balaban J connectivity index is 1.63. The van der Waals surface area contributed by atoms with Crippen LogP contribution in [0.3, 0.4) is 0 Å². The van der Waals surface area contributed by atoms with Gasteiger partial charge in [-0.1, -0.05) is 36.4 Å². The molecule has 128 valence electrons. The molecule has 0 fully saturated rings. The number of nitrogens with two attached hydrogens (primary N) is 1. The van der Waals surface area contributed by atoms with E-state index in [9.17, 15) is 9.59 Å². The maximum Gasteiger partial charge on any atom is 0.365 e. The number of benzene rings is 1. The number of amides is 1. The number of nitrogens with zero attached hydrogens (tertiary/aromatic N) is 4. The number of rotatable bonds is 6. The number of hydrazone groups is 1. The number of carbonyl (C=O) groups excluding carboxylic acids is 1. The van der Waals surface area contributed by atoms with Crippen LogP contribution < -0.4 is 17.0 Å². The molecule has 0 saturated carbocycles. The molecule has 0 radical (unpaired) electrons. The van der Waals surface area contributed by atoms with Crippen LogP contribution in [-0.4, -0.2) is 26.6 Å². The molecule has 3 aromatic rings. The van der Waals surface area contributed by atoms with Crippen molar-refractivity contribution in [2.75, 3.05) is 5.84 Å². The summed E-state index contributed by atoms with van der Waals surface area (Å²) in [7, 11) is 0. The Morgan fingerprint density at radius 2 is 2.08 bits per heavy atom. The minimum absolute atomic E-state index is 0.257. The largest absolute Gasteiger partial charge is 0.365 e. The van der Waals surface area contributed by atoms with E-state index >= 15 is 0 Å². The van der Waals surface area contributed by atoms with E-state index in [-0.39, 0.29) is 6.54 Å². The summed E-state index contributed by atoms with van der Waals surface area (Å²) >= 11 is 1.55. The maximum absolute atomic E-state index is 12.1. The summed E-state index contributed by atoms with van der Waals surface area (Å²) in [5.41, 5.74) is 2.67. The lowest BCUT2D eigenvalue weighted by Crippen LogP contribution is -2.34. The van der Waals surface area contributed by atoms with Gasteiger partial charge in [-0.15, -0.1) is 11.3 Å².